The lowest BCUT2D eigenvalue weighted by molar-refractivity contribution is 1.34. The molecule has 0 unspecified atom stereocenters. The van der Waals surface area contributed by atoms with Gasteiger partial charge in [0.2, 0.25) is 0 Å². The molecule has 0 saturated carbocycles. The average molecular weight is 228 g/mol. The van der Waals surface area contributed by atoms with Gasteiger partial charge in [0.1, 0.15) is 0 Å². The summed E-state index contributed by atoms with van der Waals surface area (Å²) < 4.78 is 0. The van der Waals surface area contributed by atoms with Crippen LogP contribution in [0, 0.1) is 0 Å². The van der Waals surface area contributed by atoms with Crippen LogP contribution >= 0.6 is 37.2 Å². The van der Waals surface area contributed by atoms with Crippen LogP contribution in [0.1, 0.15) is 0 Å². The molecular weight excluding hydrogens is 218 g/mol. The monoisotopic (exact) mass is 226 g/mol. The average Bonchev–Trinajstić information content (AvgIpc) is 2.33. The van der Waals surface area contributed by atoms with Crippen LogP contribution in [0.4, 0.5) is 0 Å². The first-order valence-corrected chi connectivity index (χ1v) is 2.85. The normalized spacial score (nSPS) is 7.67. The van der Waals surface area contributed by atoms with E-state index in [-0.39, 0.29) is 37.2 Å². The third kappa shape index (κ3) is 2.55. The first kappa shape index (κ1) is 14.1. The van der Waals surface area contributed by atoms with E-state index in [0.717, 1.165) is 11.0 Å². The summed E-state index contributed by atoms with van der Waals surface area (Å²) in [4.78, 5) is 7.07. The molecule has 2 nitrogen and oxygen atoms in total. The van der Waals surface area contributed by atoms with E-state index in [4.69, 9.17) is 0 Å². The summed E-state index contributed by atoms with van der Waals surface area (Å²) in [6, 6.07) is 7.94. The Morgan fingerprint density at radius 3 is 2.33 bits per heavy atom. The molecule has 2 rings (SSSR count). The summed E-state index contributed by atoms with van der Waals surface area (Å²) in [5.74, 6) is 0. The smallest absolute Gasteiger partial charge is 0.0931 e. The molecule has 1 heterocycles. The fourth-order valence-corrected chi connectivity index (χ4v) is 0.880. The topological polar surface area (TPSA) is 28.7 Å². The molecule has 68 valence electrons. The molecule has 1 aromatic carbocycles. The third-order valence-corrected chi connectivity index (χ3v) is 1.33. The van der Waals surface area contributed by atoms with Crippen molar-refractivity contribution in [3.8, 4) is 0 Å². The molecule has 0 radical (unpaired) electrons. The molecule has 0 aliphatic carbocycles. The van der Waals surface area contributed by atoms with E-state index in [2.05, 4.69) is 9.97 Å². The maximum atomic E-state index is 4.06. The quantitative estimate of drug-likeness (QED) is 0.737. The van der Waals surface area contributed by atoms with E-state index in [1.807, 2.05) is 24.3 Å². The van der Waals surface area contributed by atoms with Crippen LogP contribution in [0.3, 0.4) is 0 Å². The Labute approximate surface area is 89.0 Å². The van der Waals surface area contributed by atoms with Crippen LogP contribution in [0.2, 0.25) is 0 Å². The van der Waals surface area contributed by atoms with Crippen molar-refractivity contribution < 1.29 is 0 Å². The second-order valence-electron chi connectivity index (χ2n) is 1.92. The molecule has 1 aromatic heterocycles. The second-order valence-corrected chi connectivity index (χ2v) is 1.92. The minimum atomic E-state index is 0. The van der Waals surface area contributed by atoms with Gasteiger partial charge in [0, 0.05) is 0 Å². The number of nitrogens with zero attached hydrogens (tertiary/aromatic N) is 1. The predicted molar refractivity (Wildman–Crippen MR) is 57.8 cm³/mol. The number of halogens is 3. The lowest BCUT2D eigenvalue weighted by atomic mass is 10.3. The van der Waals surface area contributed by atoms with E-state index >= 15 is 0 Å². The van der Waals surface area contributed by atoms with Crippen LogP contribution < -0.4 is 0 Å². The Bertz CT molecular complexity index is 291. The largest absolute Gasteiger partial charge is 0.345 e. The number of rotatable bonds is 0. The summed E-state index contributed by atoms with van der Waals surface area (Å²) in [5, 5.41) is 0. The molecule has 0 amide bonds. The highest BCUT2D eigenvalue weighted by Crippen LogP contribution is 2.05. The SMILES string of the molecule is Cl.Cl.Cl.c1ccc2[nH]cnc2c1. The van der Waals surface area contributed by atoms with E-state index < -0.39 is 0 Å². The highest BCUT2D eigenvalue weighted by Gasteiger charge is 1.88. The molecule has 0 aliphatic heterocycles. The predicted octanol–water partition coefficient (Wildman–Crippen LogP) is 2.83. The van der Waals surface area contributed by atoms with Gasteiger partial charge in [-0.25, -0.2) is 4.98 Å². The summed E-state index contributed by atoms with van der Waals surface area (Å²) in [6.45, 7) is 0. The lowest BCUT2D eigenvalue weighted by Gasteiger charge is -1.81. The third-order valence-electron chi connectivity index (χ3n) is 1.33. The molecule has 0 saturated heterocycles. The number of para-hydroxylation sites is 2. The standard InChI is InChI=1S/C7H6N2.3ClH/c1-2-4-7-6(3-1)8-5-9-7;;;/h1-5H,(H,8,9);3*1H. The van der Waals surface area contributed by atoms with Crippen molar-refractivity contribution in [2.75, 3.05) is 0 Å². The van der Waals surface area contributed by atoms with E-state index in [1.165, 1.54) is 0 Å². The van der Waals surface area contributed by atoms with Crippen LogP contribution in [0.5, 0.6) is 0 Å². The minimum Gasteiger partial charge on any atom is -0.345 e. The number of aromatic amines is 1. The van der Waals surface area contributed by atoms with E-state index in [1.54, 1.807) is 6.33 Å². The zero-order chi connectivity index (χ0) is 6.10. The van der Waals surface area contributed by atoms with Crippen LogP contribution in [-0.4, -0.2) is 9.97 Å². The van der Waals surface area contributed by atoms with Gasteiger partial charge in [-0.2, -0.15) is 0 Å². The van der Waals surface area contributed by atoms with Crippen molar-refractivity contribution in [3.63, 3.8) is 0 Å². The molecular formula is C7H9Cl3N2. The molecule has 12 heavy (non-hydrogen) atoms. The molecule has 0 atom stereocenters. The summed E-state index contributed by atoms with van der Waals surface area (Å²) in [7, 11) is 0. The van der Waals surface area contributed by atoms with Crippen LogP contribution in [0.25, 0.3) is 11.0 Å². The van der Waals surface area contributed by atoms with Crippen LogP contribution in [-0.2, 0) is 0 Å². The number of hydrogen-bond acceptors (Lipinski definition) is 1. The molecule has 1 N–H and O–H groups in total. The zero-order valence-electron chi connectivity index (χ0n) is 6.06. The van der Waals surface area contributed by atoms with Crippen molar-refractivity contribution in [1.29, 1.82) is 0 Å². The fourth-order valence-electron chi connectivity index (χ4n) is 0.880. The Balaban J connectivity index is 0. The molecule has 0 bridgehead atoms. The van der Waals surface area contributed by atoms with Gasteiger partial charge >= 0.3 is 0 Å². The van der Waals surface area contributed by atoms with E-state index in [0.29, 0.717) is 0 Å². The highest BCUT2D eigenvalue weighted by atomic mass is 35.5. The van der Waals surface area contributed by atoms with E-state index in [9.17, 15) is 0 Å². The van der Waals surface area contributed by atoms with Gasteiger partial charge in [-0.15, -0.1) is 37.2 Å². The van der Waals surface area contributed by atoms with Crippen molar-refractivity contribution in [2.45, 2.75) is 0 Å². The Morgan fingerprint density at radius 1 is 1.00 bits per heavy atom. The molecule has 0 fully saturated rings. The van der Waals surface area contributed by atoms with Gasteiger partial charge in [0.25, 0.3) is 0 Å². The minimum absolute atomic E-state index is 0. The number of H-pyrrole nitrogens is 1. The number of imidazole rings is 1. The van der Waals surface area contributed by atoms with Gasteiger partial charge < -0.3 is 4.98 Å². The van der Waals surface area contributed by atoms with Gasteiger partial charge in [0.15, 0.2) is 0 Å². The van der Waals surface area contributed by atoms with Gasteiger partial charge in [0.05, 0.1) is 17.4 Å². The Morgan fingerprint density at radius 2 is 1.67 bits per heavy atom. The maximum Gasteiger partial charge on any atom is 0.0931 e. The number of hydrogen-bond donors (Lipinski definition) is 1. The van der Waals surface area contributed by atoms with Crippen molar-refractivity contribution >= 4 is 48.3 Å². The summed E-state index contributed by atoms with van der Waals surface area (Å²) in [6.07, 6.45) is 1.70. The molecule has 2 aromatic rings. The second kappa shape index (κ2) is 6.12. The number of benzene rings is 1. The first-order chi connectivity index (χ1) is 4.47. The van der Waals surface area contributed by atoms with Gasteiger partial charge in [-0.3, -0.25) is 0 Å². The van der Waals surface area contributed by atoms with Gasteiger partial charge in [-0.1, -0.05) is 12.1 Å². The Hall–Kier alpha value is -0.440. The van der Waals surface area contributed by atoms with Crippen molar-refractivity contribution in [3.05, 3.63) is 30.6 Å². The maximum absolute atomic E-state index is 4.06. The van der Waals surface area contributed by atoms with Crippen molar-refractivity contribution in [1.82, 2.24) is 9.97 Å². The number of aromatic nitrogens is 2. The fraction of sp³-hybridized carbons (Fsp3) is 0. The highest BCUT2D eigenvalue weighted by molar-refractivity contribution is 5.86. The van der Waals surface area contributed by atoms with Gasteiger partial charge in [-0.05, 0) is 12.1 Å². The summed E-state index contributed by atoms with van der Waals surface area (Å²) >= 11 is 0. The number of nitrogens with one attached hydrogen (secondary N) is 1. The molecule has 5 heteroatoms. The van der Waals surface area contributed by atoms with Crippen LogP contribution in [0.15, 0.2) is 30.6 Å². The first-order valence-electron chi connectivity index (χ1n) is 2.85. The zero-order valence-corrected chi connectivity index (χ0v) is 8.51. The lowest BCUT2D eigenvalue weighted by Crippen LogP contribution is -1.63. The Kier molecular flexibility index (Phi) is 7.19. The summed E-state index contributed by atoms with van der Waals surface area (Å²) in [5.41, 5.74) is 2.12. The van der Waals surface area contributed by atoms with Crippen molar-refractivity contribution in [2.24, 2.45) is 0 Å². The molecule has 0 spiro atoms. The number of fused-ring (bicyclic) bond motifs is 1. The molecule has 0 aliphatic rings.